The summed E-state index contributed by atoms with van der Waals surface area (Å²) in [5, 5.41) is 14.9. The van der Waals surface area contributed by atoms with E-state index in [1.165, 1.54) is 25.1 Å². The topological polar surface area (TPSA) is 75.4 Å². The molecule has 9 heteroatoms. The molecule has 0 radical (unpaired) electrons. The summed E-state index contributed by atoms with van der Waals surface area (Å²) in [6, 6.07) is 18.5. The number of benzene rings is 2. The lowest BCUT2D eigenvalue weighted by molar-refractivity contribution is 0.0205. The van der Waals surface area contributed by atoms with Gasteiger partial charge in [-0.2, -0.15) is 5.10 Å². The van der Waals surface area contributed by atoms with Crippen LogP contribution in [-0.2, 0) is 9.84 Å². The maximum absolute atomic E-state index is 11.7. The van der Waals surface area contributed by atoms with Gasteiger partial charge in [0, 0.05) is 24.6 Å². The molecule has 156 valence electrons. The summed E-state index contributed by atoms with van der Waals surface area (Å²) in [6.45, 7) is 0. The fourth-order valence-corrected chi connectivity index (χ4v) is 4.06. The Hall–Kier alpha value is -2.46. The van der Waals surface area contributed by atoms with Crippen LogP contribution >= 0.6 is 24.0 Å². The van der Waals surface area contributed by atoms with Crippen molar-refractivity contribution in [3.8, 4) is 16.9 Å². The minimum atomic E-state index is -3.26. The Morgan fingerprint density at radius 1 is 1.20 bits per heavy atom. The number of nitrogens with zero attached hydrogens (tertiary/aromatic N) is 3. The lowest BCUT2D eigenvalue weighted by atomic mass is 10.1. The number of sulfone groups is 1. The highest BCUT2D eigenvalue weighted by Crippen LogP contribution is 2.25. The largest absolute Gasteiger partial charge is 0.287 e. The summed E-state index contributed by atoms with van der Waals surface area (Å²) in [7, 11) is -1.77. The second-order valence-corrected chi connectivity index (χ2v) is 10.2. The Balaban J connectivity index is 1.92. The molecule has 30 heavy (non-hydrogen) atoms. The monoisotopic (exact) mass is 459 g/mol. The molecule has 1 aromatic heterocycles. The molecule has 0 aliphatic heterocycles. The van der Waals surface area contributed by atoms with E-state index in [1.54, 1.807) is 28.9 Å². The maximum atomic E-state index is 11.7. The van der Waals surface area contributed by atoms with Crippen LogP contribution in [0.3, 0.4) is 0 Å². The summed E-state index contributed by atoms with van der Waals surface area (Å²) >= 11 is 6.38. The Labute approximate surface area is 185 Å². The van der Waals surface area contributed by atoms with Crippen LogP contribution in [0.25, 0.3) is 23.0 Å². The van der Waals surface area contributed by atoms with Crippen molar-refractivity contribution in [1.82, 2.24) is 14.8 Å². The summed E-state index contributed by atoms with van der Waals surface area (Å²) in [5.41, 5.74) is 3.40. The molecule has 0 amide bonds. The van der Waals surface area contributed by atoms with Gasteiger partial charge in [0.1, 0.15) is 0 Å². The second kappa shape index (κ2) is 9.57. The average molecular weight is 460 g/mol. The van der Waals surface area contributed by atoms with Gasteiger partial charge in [-0.05, 0) is 36.4 Å². The normalized spacial score (nSPS) is 11.7. The molecule has 3 rings (SSSR count). The molecule has 1 N–H and O–H groups in total. The SMILES string of the molecule is CN(O)C(=S)SCC=Cc1cc(-c2ccccc2)n(-c2ccc(S(C)(=O)=O)cc2)n1. The van der Waals surface area contributed by atoms with Gasteiger partial charge in [0.05, 0.1) is 22.0 Å². The third kappa shape index (κ3) is 5.57. The molecule has 0 spiro atoms. The van der Waals surface area contributed by atoms with E-state index in [-0.39, 0.29) is 4.90 Å². The minimum Gasteiger partial charge on any atom is -0.287 e. The van der Waals surface area contributed by atoms with E-state index in [1.807, 2.05) is 48.6 Å². The summed E-state index contributed by atoms with van der Waals surface area (Å²) in [4.78, 5) is 0.265. The molecule has 0 unspecified atom stereocenters. The first-order chi connectivity index (χ1) is 14.3. The smallest absolute Gasteiger partial charge is 0.175 e. The number of aromatic nitrogens is 2. The summed E-state index contributed by atoms with van der Waals surface area (Å²) in [6.07, 6.45) is 5.00. The molecule has 0 aliphatic rings. The third-order valence-corrected chi connectivity index (χ3v) is 6.78. The van der Waals surface area contributed by atoms with E-state index in [2.05, 4.69) is 5.10 Å². The van der Waals surface area contributed by atoms with Crippen molar-refractivity contribution < 1.29 is 13.6 Å². The zero-order chi connectivity index (χ0) is 21.7. The van der Waals surface area contributed by atoms with Crippen molar-refractivity contribution in [2.45, 2.75) is 4.90 Å². The van der Waals surface area contributed by atoms with Gasteiger partial charge in [0.25, 0.3) is 0 Å². The van der Waals surface area contributed by atoms with Crippen molar-refractivity contribution in [2.24, 2.45) is 0 Å². The van der Waals surface area contributed by atoms with Crippen molar-refractivity contribution in [3.05, 3.63) is 72.4 Å². The van der Waals surface area contributed by atoms with Gasteiger partial charge < -0.3 is 0 Å². The van der Waals surface area contributed by atoms with Crippen LogP contribution in [0.2, 0.25) is 0 Å². The van der Waals surface area contributed by atoms with Crippen LogP contribution in [0, 0.1) is 0 Å². The predicted molar refractivity (Wildman–Crippen MR) is 126 cm³/mol. The molecule has 6 nitrogen and oxygen atoms in total. The molecular weight excluding hydrogens is 438 g/mol. The molecule has 3 aromatic rings. The molecule has 1 heterocycles. The number of thiocarbonyl (C=S) groups is 1. The van der Waals surface area contributed by atoms with Crippen LogP contribution in [-0.4, -0.2) is 51.8 Å². The first-order valence-electron chi connectivity index (χ1n) is 8.97. The lowest BCUT2D eigenvalue weighted by Gasteiger charge is -2.08. The van der Waals surface area contributed by atoms with Gasteiger partial charge in [-0.1, -0.05) is 60.4 Å². The van der Waals surface area contributed by atoms with E-state index in [0.29, 0.717) is 10.1 Å². The van der Waals surface area contributed by atoms with Crippen LogP contribution in [0.1, 0.15) is 5.69 Å². The number of thioether (sulfide) groups is 1. The molecule has 0 saturated carbocycles. The minimum absolute atomic E-state index is 0.265. The average Bonchev–Trinajstić information content (AvgIpc) is 3.15. The van der Waals surface area contributed by atoms with E-state index in [0.717, 1.165) is 27.7 Å². The maximum Gasteiger partial charge on any atom is 0.175 e. The highest BCUT2D eigenvalue weighted by atomic mass is 32.2. The zero-order valence-electron chi connectivity index (χ0n) is 16.5. The molecule has 0 saturated heterocycles. The van der Waals surface area contributed by atoms with Crippen LogP contribution < -0.4 is 0 Å². The van der Waals surface area contributed by atoms with Gasteiger partial charge in [-0.3, -0.25) is 5.21 Å². The highest BCUT2D eigenvalue weighted by Gasteiger charge is 2.12. The van der Waals surface area contributed by atoms with Crippen molar-refractivity contribution in [2.75, 3.05) is 19.1 Å². The van der Waals surface area contributed by atoms with E-state index >= 15 is 0 Å². The van der Waals surface area contributed by atoms with Gasteiger partial charge in [-0.15, -0.1) is 0 Å². The van der Waals surface area contributed by atoms with E-state index < -0.39 is 9.84 Å². The van der Waals surface area contributed by atoms with Crippen molar-refractivity contribution in [1.29, 1.82) is 0 Å². The molecule has 0 bridgehead atoms. The number of hydrogen-bond donors (Lipinski definition) is 1. The Bertz CT molecular complexity index is 1150. The van der Waals surface area contributed by atoms with E-state index in [9.17, 15) is 13.6 Å². The van der Waals surface area contributed by atoms with Gasteiger partial charge in [0.15, 0.2) is 14.2 Å². The first-order valence-corrected chi connectivity index (χ1v) is 12.3. The standard InChI is InChI=1S/C21H21N3O3S3/c1-23(25)21(28)29-14-6-9-17-15-20(16-7-4-3-5-8-16)24(22-17)18-10-12-19(13-11-18)30(2,26)27/h3-13,15,25H,14H2,1-2H3. The molecule has 2 aromatic carbocycles. The van der Waals surface area contributed by atoms with Crippen LogP contribution in [0.4, 0.5) is 0 Å². The number of rotatable bonds is 6. The van der Waals surface area contributed by atoms with Gasteiger partial charge >= 0.3 is 0 Å². The number of hydrogen-bond acceptors (Lipinski definition) is 6. The fourth-order valence-electron chi connectivity index (χ4n) is 2.71. The molecule has 0 aliphatic carbocycles. The van der Waals surface area contributed by atoms with Crippen LogP contribution in [0.5, 0.6) is 0 Å². The zero-order valence-corrected chi connectivity index (χ0v) is 18.9. The van der Waals surface area contributed by atoms with Gasteiger partial charge in [-0.25, -0.2) is 18.2 Å². The van der Waals surface area contributed by atoms with Crippen LogP contribution in [0.15, 0.2) is 71.6 Å². The third-order valence-electron chi connectivity index (χ3n) is 4.16. The predicted octanol–water partition coefficient (Wildman–Crippen LogP) is 4.30. The van der Waals surface area contributed by atoms with E-state index in [4.69, 9.17) is 12.2 Å². The number of hydroxylamine groups is 2. The quantitative estimate of drug-likeness (QED) is 0.435. The Kier molecular flexibility index (Phi) is 7.09. The fraction of sp³-hybridized carbons (Fsp3) is 0.143. The Morgan fingerprint density at radius 3 is 2.47 bits per heavy atom. The molecular formula is C21H21N3O3S3. The lowest BCUT2D eigenvalue weighted by Crippen LogP contribution is -2.17. The summed E-state index contributed by atoms with van der Waals surface area (Å²) in [5.74, 6) is 0.598. The molecule has 0 atom stereocenters. The van der Waals surface area contributed by atoms with Crippen molar-refractivity contribution in [3.63, 3.8) is 0 Å². The van der Waals surface area contributed by atoms with Gasteiger partial charge in [0.2, 0.25) is 0 Å². The highest BCUT2D eigenvalue weighted by molar-refractivity contribution is 8.22. The Morgan fingerprint density at radius 2 is 1.87 bits per heavy atom. The summed E-state index contributed by atoms with van der Waals surface area (Å²) < 4.78 is 25.7. The molecule has 0 fully saturated rings. The first kappa shape index (κ1) is 22.2. The van der Waals surface area contributed by atoms with Crippen molar-refractivity contribution >= 4 is 44.2 Å². The second-order valence-electron chi connectivity index (χ2n) is 6.50.